The monoisotopic (exact) mass is 1380 g/mol. The van der Waals surface area contributed by atoms with Crippen molar-refractivity contribution in [1.29, 1.82) is 0 Å². The van der Waals surface area contributed by atoms with Gasteiger partial charge in [0.25, 0.3) is 6.71 Å². The Hall–Kier alpha value is -13.2. The van der Waals surface area contributed by atoms with Crippen LogP contribution in [0.1, 0.15) is 92.8 Å². The van der Waals surface area contributed by atoms with E-state index in [1.807, 2.05) is 24.3 Å². The van der Waals surface area contributed by atoms with Crippen molar-refractivity contribution >= 4 is 83.8 Å². The van der Waals surface area contributed by atoms with Crippen molar-refractivity contribution in [3.8, 4) is 89.6 Å². The summed E-state index contributed by atoms with van der Waals surface area (Å²) in [6.45, 7) is 5.66. The van der Waals surface area contributed by atoms with Crippen LogP contribution in [0.25, 0.3) is 122 Å². The second-order valence-corrected chi connectivity index (χ2v) is 30.1. The Bertz CT molecular complexity index is 7580. The lowest BCUT2D eigenvalue weighted by molar-refractivity contribution is 0.483. The molecular formula is C102H66BN3O. The highest BCUT2D eigenvalue weighted by Crippen LogP contribution is 2.66. The first-order valence-electron chi connectivity index (χ1n) is 44.4. The standard InChI is InChI=1S/C102H66BN3O/c1-100(2,3)63-57-95-98-97(58-63)107-96-60-65(105-92-45-22-12-33-76(92)77-34-13-23-46-93(77)105)50-54-89(96)103(98)88-53-49-64(104-90-43-20-10-31-74(90)75-32-11-21-44-91(75)104)59-94(88)106(95)99-66(61-47-51-86-78(55-61)72-29-8-18-41-84(72)101(86)80-37-14-4-25-68(80)69-26-5-15-38-81(69)101)35-24-36-67(99)62-48-52-87-79(56-62)73-30-9-19-42-85(73)102(87)82-39-16-6-27-70(82)71-28-7-17-40-83(71)102/h4-60H,1-3H3/i10D,11D,12D,13D,20D,21D,22D,23D,31D,32D,33D,34D,43D,44D,45D,46D. The highest BCUT2D eigenvalue weighted by atomic mass is 16.5. The number of para-hydroxylation sites is 5. The highest BCUT2D eigenvalue weighted by Gasteiger charge is 2.54. The summed E-state index contributed by atoms with van der Waals surface area (Å²) in [5, 5.41) is -0.300. The first kappa shape index (κ1) is 45.8. The maximum absolute atomic E-state index is 9.92. The molecule has 498 valence electrons. The molecule has 2 aliphatic heterocycles. The van der Waals surface area contributed by atoms with Gasteiger partial charge in [-0.25, -0.2) is 0 Å². The Morgan fingerprint density at radius 2 is 0.682 bits per heavy atom. The van der Waals surface area contributed by atoms with Gasteiger partial charge in [0.1, 0.15) is 11.5 Å². The molecule has 0 fully saturated rings. The molecular weight excluding hydrogens is 1290 g/mol. The number of hydrogen-bond acceptors (Lipinski definition) is 2. The third kappa shape index (κ3) is 7.62. The Balaban J connectivity index is 0.825. The molecule has 0 saturated heterocycles. The third-order valence-electron chi connectivity index (χ3n) is 24.1. The van der Waals surface area contributed by atoms with Gasteiger partial charge in [-0.15, -0.1) is 0 Å². The molecule has 0 bridgehead atoms. The summed E-state index contributed by atoms with van der Waals surface area (Å²) < 4.78 is 160. The van der Waals surface area contributed by atoms with Crippen molar-refractivity contribution in [3.63, 3.8) is 0 Å². The molecule has 18 aromatic rings. The van der Waals surface area contributed by atoms with Gasteiger partial charge in [0.2, 0.25) is 0 Å². The number of rotatable bonds is 5. The zero-order valence-corrected chi connectivity index (χ0v) is 58.0. The van der Waals surface area contributed by atoms with Crippen LogP contribution in [0, 0.1) is 0 Å². The zero-order chi connectivity index (χ0) is 84.3. The van der Waals surface area contributed by atoms with Crippen molar-refractivity contribution in [2.24, 2.45) is 0 Å². The molecule has 24 rings (SSSR count). The molecule has 0 amide bonds. The van der Waals surface area contributed by atoms with Crippen molar-refractivity contribution < 1.29 is 26.7 Å². The molecule has 0 atom stereocenters. The average Bonchev–Trinajstić information content (AvgIpc) is 1.21. The van der Waals surface area contributed by atoms with Gasteiger partial charge in [-0.2, -0.15) is 0 Å². The second kappa shape index (κ2) is 21.3. The molecule has 2 spiro atoms. The fraction of sp³-hybridized carbons (Fsp3) is 0.0588. The van der Waals surface area contributed by atoms with Gasteiger partial charge in [-0.05, 0) is 194 Å². The van der Waals surface area contributed by atoms with Crippen LogP contribution in [-0.2, 0) is 16.2 Å². The Morgan fingerprint density at radius 3 is 1.10 bits per heavy atom. The van der Waals surface area contributed by atoms with Crippen LogP contribution in [0.15, 0.2) is 345 Å². The Morgan fingerprint density at radius 1 is 0.318 bits per heavy atom. The van der Waals surface area contributed by atoms with Gasteiger partial charge < -0.3 is 18.8 Å². The number of nitrogens with zero attached hydrogens (tertiary/aromatic N) is 3. The van der Waals surface area contributed by atoms with E-state index in [9.17, 15) is 13.7 Å². The van der Waals surface area contributed by atoms with E-state index in [1.165, 1.54) is 60.2 Å². The lowest BCUT2D eigenvalue weighted by Crippen LogP contribution is -2.59. The van der Waals surface area contributed by atoms with Crippen LogP contribution >= 0.6 is 0 Å². The predicted molar refractivity (Wildman–Crippen MR) is 443 cm³/mol. The minimum atomic E-state index is -0.743. The van der Waals surface area contributed by atoms with Crippen molar-refractivity contribution in [3.05, 3.63) is 395 Å². The molecule has 6 aliphatic rings. The van der Waals surface area contributed by atoms with Crippen LogP contribution in [0.5, 0.6) is 11.5 Å². The van der Waals surface area contributed by atoms with E-state index in [4.69, 9.17) is 13.0 Å². The summed E-state index contributed by atoms with van der Waals surface area (Å²) in [6, 6.07) is 80.2. The van der Waals surface area contributed by atoms with Gasteiger partial charge in [-0.3, -0.25) is 0 Å². The quantitative estimate of drug-likeness (QED) is 0.160. The number of fused-ring (bicyclic) bond motifs is 30. The zero-order valence-electron chi connectivity index (χ0n) is 74.0. The summed E-state index contributed by atoms with van der Waals surface area (Å²) in [5.41, 5.74) is 25.2. The number of ether oxygens (including phenoxy) is 1. The molecule has 0 unspecified atom stereocenters. The Labute approximate surface area is 643 Å². The smallest absolute Gasteiger partial charge is 0.256 e. The average molecular weight is 1380 g/mol. The van der Waals surface area contributed by atoms with Gasteiger partial charge in [-0.1, -0.05) is 293 Å². The van der Waals surface area contributed by atoms with E-state index in [1.54, 1.807) is 16.7 Å². The number of anilines is 3. The molecule has 4 aliphatic carbocycles. The molecule has 2 aromatic heterocycles. The third-order valence-corrected chi connectivity index (χ3v) is 24.1. The molecule has 4 heterocycles. The SMILES string of the molecule is [2H]c1c([2H])c([2H])c2c(c1[2H])c1c([2H])c([2H])c([2H])c([2H])c1n2-c1ccc2c(c1)Oc1cc(C(C)(C)C)cc3c1B2c1ccc(-n2c4c([2H])c([2H])c([2H])c([2H])c4c4c([2H])c([2H])c([2H])c([2H])c42)cc1N3c1c(-c2ccc3c(c2)-c2ccccc2C32c3ccccc3-c3ccccc32)cccc1-c1ccc2c(c1)-c1ccccc1C21c2ccccc2-c2ccccc21. The van der Waals surface area contributed by atoms with Crippen LogP contribution < -0.4 is 26.0 Å². The molecule has 4 nitrogen and oxygen atoms in total. The number of hydrogen-bond donors (Lipinski definition) is 0. The fourth-order valence-electron chi connectivity index (χ4n) is 19.8. The van der Waals surface area contributed by atoms with Gasteiger partial charge in [0.15, 0.2) is 0 Å². The first-order chi connectivity index (χ1) is 59.4. The molecule has 0 saturated carbocycles. The van der Waals surface area contributed by atoms with E-state index in [2.05, 4.69) is 238 Å². The summed E-state index contributed by atoms with van der Waals surface area (Å²) in [5.74, 6) is 0.796. The molecule has 16 aromatic carbocycles. The topological polar surface area (TPSA) is 22.3 Å². The largest absolute Gasteiger partial charge is 0.458 e. The van der Waals surface area contributed by atoms with Gasteiger partial charge >= 0.3 is 0 Å². The molecule has 107 heavy (non-hydrogen) atoms. The second-order valence-electron chi connectivity index (χ2n) is 30.1. The maximum Gasteiger partial charge on any atom is 0.256 e. The number of aromatic nitrogens is 2. The van der Waals surface area contributed by atoms with Crippen LogP contribution in [0.4, 0.5) is 17.1 Å². The van der Waals surface area contributed by atoms with Crippen molar-refractivity contribution in [2.45, 2.75) is 37.0 Å². The van der Waals surface area contributed by atoms with Gasteiger partial charge in [0.05, 0.1) is 60.5 Å². The van der Waals surface area contributed by atoms with E-state index in [0.29, 0.717) is 39.5 Å². The highest BCUT2D eigenvalue weighted by molar-refractivity contribution is 6.99. The van der Waals surface area contributed by atoms with Crippen LogP contribution in [-0.4, -0.2) is 15.8 Å². The predicted octanol–water partition coefficient (Wildman–Crippen LogP) is 23.6. The minimum Gasteiger partial charge on any atom is -0.458 e. The normalized spacial score (nSPS) is 16.4. The van der Waals surface area contributed by atoms with Crippen LogP contribution in [0.2, 0.25) is 0 Å². The summed E-state index contributed by atoms with van der Waals surface area (Å²) in [7, 11) is 0. The molecule has 0 radical (unpaired) electrons. The Kier molecular flexibility index (Phi) is 9.09. The van der Waals surface area contributed by atoms with E-state index in [0.717, 1.165) is 72.3 Å². The van der Waals surface area contributed by atoms with Gasteiger partial charge in [0, 0.05) is 61.5 Å². The van der Waals surface area contributed by atoms with Crippen molar-refractivity contribution in [2.75, 3.05) is 4.90 Å². The van der Waals surface area contributed by atoms with E-state index < -0.39 is 120 Å². The summed E-state index contributed by atoms with van der Waals surface area (Å²) in [4.78, 5) is 2.31. The summed E-state index contributed by atoms with van der Waals surface area (Å²) >= 11 is 0. The van der Waals surface area contributed by atoms with E-state index >= 15 is 0 Å². The number of benzene rings is 16. The van der Waals surface area contributed by atoms with E-state index in [-0.39, 0.29) is 49.3 Å². The molecule has 5 heteroatoms. The maximum atomic E-state index is 9.92. The van der Waals surface area contributed by atoms with Crippen LogP contribution in [0.3, 0.4) is 0 Å². The molecule has 0 N–H and O–H groups in total. The lowest BCUT2D eigenvalue weighted by Gasteiger charge is -2.42. The minimum absolute atomic E-state index is 0.0553. The lowest BCUT2D eigenvalue weighted by atomic mass is 9.34. The first-order valence-corrected chi connectivity index (χ1v) is 36.4. The summed E-state index contributed by atoms with van der Waals surface area (Å²) in [6.07, 6.45) is 0. The fourth-order valence-corrected chi connectivity index (χ4v) is 19.8. The van der Waals surface area contributed by atoms with Crippen molar-refractivity contribution in [1.82, 2.24) is 9.13 Å².